The second-order valence-corrected chi connectivity index (χ2v) is 6.38. The molecule has 0 aliphatic rings. The number of benzene rings is 3. The van der Waals surface area contributed by atoms with Crippen LogP contribution in [0.25, 0.3) is 23.5 Å². The van der Waals surface area contributed by atoms with Crippen LogP contribution in [0.5, 0.6) is 11.6 Å². The fourth-order valence-electron chi connectivity index (χ4n) is 3.04. The molecule has 5 heteroatoms. The van der Waals surface area contributed by atoms with Gasteiger partial charge < -0.3 is 10.2 Å². The highest BCUT2D eigenvalue weighted by Crippen LogP contribution is 2.23. The maximum atomic E-state index is 13.1. The highest BCUT2D eigenvalue weighted by atomic mass is 16.3. The summed E-state index contributed by atoms with van der Waals surface area (Å²) in [5, 5.41) is 20.2. The van der Waals surface area contributed by atoms with Crippen LogP contribution in [0.1, 0.15) is 11.1 Å². The monoisotopic (exact) mass is 382 g/mol. The summed E-state index contributed by atoms with van der Waals surface area (Å²) >= 11 is 0. The summed E-state index contributed by atoms with van der Waals surface area (Å²) in [5.74, 6) is 0.00566. The molecule has 5 nitrogen and oxygen atoms in total. The van der Waals surface area contributed by atoms with Crippen molar-refractivity contribution in [2.24, 2.45) is 0 Å². The van der Waals surface area contributed by atoms with E-state index in [1.807, 2.05) is 48.5 Å². The molecule has 0 aliphatic carbocycles. The van der Waals surface area contributed by atoms with Crippen LogP contribution in [-0.2, 0) is 0 Å². The molecule has 0 saturated heterocycles. The Hall–Kier alpha value is -4.21. The van der Waals surface area contributed by atoms with Crippen LogP contribution in [0.2, 0.25) is 0 Å². The van der Waals surface area contributed by atoms with Crippen LogP contribution >= 0.6 is 0 Å². The van der Waals surface area contributed by atoms with Crippen molar-refractivity contribution >= 4 is 12.2 Å². The highest BCUT2D eigenvalue weighted by molar-refractivity contribution is 5.62. The number of phenols is 1. The predicted octanol–water partition coefficient (Wildman–Crippen LogP) is 4.36. The molecule has 2 N–H and O–H groups in total. The first kappa shape index (κ1) is 18.2. The number of rotatable bonds is 4. The minimum atomic E-state index is -0.357. The molecule has 0 bridgehead atoms. The summed E-state index contributed by atoms with van der Waals surface area (Å²) in [6.07, 6.45) is 3.13. The molecular formula is C24H18N2O3. The average Bonchev–Trinajstić information content (AvgIpc) is 3.01. The second kappa shape index (κ2) is 7.80. The normalized spacial score (nSPS) is 10.3. The molecule has 0 aliphatic heterocycles. The van der Waals surface area contributed by atoms with Gasteiger partial charge in [-0.05, 0) is 54.1 Å². The molecule has 1 aromatic heterocycles. The molecule has 1 heterocycles. The quantitative estimate of drug-likeness (QED) is 0.515. The first-order valence-electron chi connectivity index (χ1n) is 9.04. The standard InChI is InChI=1S/C24H18N2O3/c27-21-16-14-18(15-17-21)8-7-13-22-23(28)25(19-9-3-1-4-10-19)26(24(22)29)20-11-5-2-6-12-20/h1-6,8-17,27-28H. The van der Waals surface area contributed by atoms with Gasteiger partial charge in [0.25, 0.3) is 5.56 Å². The summed E-state index contributed by atoms with van der Waals surface area (Å²) in [4.78, 5) is 13.1. The molecule has 0 radical (unpaired) electrons. The molecule has 4 rings (SSSR count). The average molecular weight is 382 g/mol. The van der Waals surface area contributed by atoms with Crippen LogP contribution < -0.4 is 5.56 Å². The van der Waals surface area contributed by atoms with Crippen molar-refractivity contribution in [3.05, 3.63) is 112 Å². The zero-order valence-electron chi connectivity index (χ0n) is 15.4. The van der Waals surface area contributed by atoms with Crippen molar-refractivity contribution in [2.45, 2.75) is 0 Å². The van der Waals surface area contributed by atoms with E-state index in [1.54, 1.807) is 42.5 Å². The van der Waals surface area contributed by atoms with Crippen molar-refractivity contribution in [3.63, 3.8) is 0 Å². The number of nitrogens with zero attached hydrogens (tertiary/aromatic N) is 2. The number of hydrogen-bond acceptors (Lipinski definition) is 3. The summed E-state index contributed by atoms with van der Waals surface area (Å²) in [7, 11) is 0. The molecule has 29 heavy (non-hydrogen) atoms. The number of hydrogen-bond donors (Lipinski definition) is 2. The zero-order valence-corrected chi connectivity index (χ0v) is 15.4. The van der Waals surface area contributed by atoms with Gasteiger partial charge in [0, 0.05) is 0 Å². The Morgan fingerprint density at radius 1 is 0.690 bits per heavy atom. The van der Waals surface area contributed by atoms with E-state index in [-0.39, 0.29) is 22.8 Å². The zero-order chi connectivity index (χ0) is 20.2. The smallest absolute Gasteiger partial charge is 0.283 e. The lowest BCUT2D eigenvalue weighted by atomic mass is 10.2. The lowest BCUT2D eigenvalue weighted by molar-refractivity contribution is 0.424. The Morgan fingerprint density at radius 3 is 1.83 bits per heavy atom. The van der Waals surface area contributed by atoms with Crippen molar-refractivity contribution in [1.82, 2.24) is 9.36 Å². The number of para-hydroxylation sites is 2. The number of aromatic hydroxyl groups is 2. The Labute approximate surface area is 167 Å². The Kier molecular flexibility index (Phi) is 4.89. The Morgan fingerprint density at radius 2 is 1.24 bits per heavy atom. The minimum absolute atomic E-state index is 0.132. The van der Waals surface area contributed by atoms with Gasteiger partial charge in [0.15, 0.2) is 0 Å². The molecule has 3 aromatic carbocycles. The van der Waals surface area contributed by atoms with Crippen LogP contribution in [0, 0.1) is 0 Å². The molecule has 0 atom stereocenters. The first-order valence-corrected chi connectivity index (χ1v) is 9.04. The Balaban J connectivity index is 1.88. The molecule has 142 valence electrons. The van der Waals surface area contributed by atoms with Gasteiger partial charge in [-0.1, -0.05) is 48.5 Å². The van der Waals surface area contributed by atoms with E-state index in [0.717, 1.165) is 5.56 Å². The third-order valence-corrected chi connectivity index (χ3v) is 4.44. The van der Waals surface area contributed by atoms with Crippen LogP contribution in [-0.4, -0.2) is 19.6 Å². The summed E-state index contributed by atoms with van der Waals surface area (Å²) in [6.45, 7) is 0. The van der Waals surface area contributed by atoms with E-state index in [0.29, 0.717) is 11.4 Å². The van der Waals surface area contributed by atoms with Crippen LogP contribution in [0.3, 0.4) is 0 Å². The molecule has 4 aromatic rings. The van der Waals surface area contributed by atoms with Crippen molar-refractivity contribution < 1.29 is 10.2 Å². The number of aromatic nitrogens is 2. The predicted molar refractivity (Wildman–Crippen MR) is 114 cm³/mol. The molecule has 0 spiro atoms. The van der Waals surface area contributed by atoms with Gasteiger partial charge in [-0.15, -0.1) is 5.73 Å². The molecule has 0 amide bonds. The maximum Gasteiger partial charge on any atom is 0.283 e. The van der Waals surface area contributed by atoms with Gasteiger partial charge in [0.05, 0.1) is 11.4 Å². The SMILES string of the molecule is O=c1c(C=C=Cc2ccc(O)cc2)c(O)n(-c2ccccc2)n1-c1ccccc1. The summed E-state index contributed by atoms with van der Waals surface area (Å²) < 4.78 is 2.91. The highest BCUT2D eigenvalue weighted by Gasteiger charge is 2.19. The lowest BCUT2D eigenvalue weighted by Gasteiger charge is -2.12. The molecule has 0 unspecified atom stereocenters. The second-order valence-electron chi connectivity index (χ2n) is 6.38. The maximum absolute atomic E-state index is 13.1. The lowest BCUT2D eigenvalue weighted by Crippen LogP contribution is -2.20. The largest absolute Gasteiger partial charge is 0.508 e. The topological polar surface area (TPSA) is 67.4 Å². The van der Waals surface area contributed by atoms with Gasteiger partial charge in [-0.2, -0.15) is 0 Å². The van der Waals surface area contributed by atoms with Gasteiger partial charge >= 0.3 is 0 Å². The van der Waals surface area contributed by atoms with E-state index in [4.69, 9.17) is 0 Å². The fourth-order valence-corrected chi connectivity index (χ4v) is 3.04. The van der Waals surface area contributed by atoms with Gasteiger partial charge in [-0.3, -0.25) is 4.79 Å². The summed E-state index contributed by atoms with van der Waals surface area (Å²) in [6, 6.07) is 24.9. The van der Waals surface area contributed by atoms with E-state index < -0.39 is 0 Å². The molecular weight excluding hydrogens is 364 g/mol. The van der Waals surface area contributed by atoms with Crippen molar-refractivity contribution in [3.8, 4) is 23.0 Å². The third kappa shape index (κ3) is 3.63. The first-order chi connectivity index (χ1) is 14.1. The van der Waals surface area contributed by atoms with Crippen LogP contribution in [0.15, 0.2) is 95.5 Å². The van der Waals surface area contributed by atoms with E-state index in [2.05, 4.69) is 5.73 Å². The van der Waals surface area contributed by atoms with E-state index >= 15 is 0 Å². The van der Waals surface area contributed by atoms with Gasteiger partial charge in [0.1, 0.15) is 11.3 Å². The molecule has 0 fully saturated rings. The fraction of sp³-hybridized carbons (Fsp3) is 0. The van der Waals surface area contributed by atoms with Crippen molar-refractivity contribution in [1.29, 1.82) is 0 Å². The van der Waals surface area contributed by atoms with Gasteiger partial charge in [0.2, 0.25) is 5.88 Å². The third-order valence-electron chi connectivity index (χ3n) is 4.44. The molecule has 0 saturated carbocycles. The van der Waals surface area contributed by atoms with E-state index in [1.165, 1.54) is 15.4 Å². The Bertz CT molecular complexity index is 1250. The summed E-state index contributed by atoms with van der Waals surface area (Å²) in [5.41, 5.74) is 4.83. The van der Waals surface area contributed by atoms with Crippen molar-refractivity contribution in [2.75, 3.05) is 0 Å². The van der Waals surface area contributed by atoms with Crippen LogP contribution in [0.4, 0.5) is 0 Å². The van der Waals surface area contributed by atoms with E-state index in [9.17, 15) is 15.0 Å². The number of phenolic OH excluding ortho intramolecular Hbond substituents is 1. The minimum Gasteiger partial charge on any atom is -0.508 e. The van der Waals surface area contributed by atoms with Gasteiger partial charge in [-0.25, -0.2) is 9.36 Å².